The van der Waals surface area contributed by atoms with Gasteiger partial charge in [0.25, 0.3) is 0 Å². The summed E-state index contributed by atoms with van der Waals surface area (Å²) >= 11 is 0. The summed E-state index contributed by atoms with van der Waals surface area (Å²) in [5.74, 6) is 1.30. The minimum absolute atomic E-state index is 0.435. The minimum atomic E-state index is 0.435. The van der Waals surface area contributed by atoms with Crippen LogP contribution in [-0.4, -0.2) is 12.1 Å². The van der Waals surface area contributed by atoms with Crippen molar-refractivity contribution in [1.82, 2.24) is 4.98 Å². The molecule has 17 heavy (non-hydrogen) atoms. The Labute approximate surface area is 102 Å². The average molecular weight is 227 g/mol. The molecule has 1 aromatic heterocycles. The predicted molar refractivity (Wildman–Crippen MR) is 70.3 cm³/mol. The first-order valence-corrected chi connectivity index (χ1v) is 5.82. The molecule has 1 heterocycles. The largest absolute Gasteiger partial charge is 0.496 e. The molecule has 0 saturated heterocycles. The third kappa shape index (κ3) is 2.47. The Hall–Kier alpha value is -1.83. The molecule has 0 fully saturated rings. The monoisotopic (exact) mass is 227 g/mol. The SMILES string of the molecule is COc1ccccc1-c1cccc(C(C)C)n1. The van der Waals surface area contributed by atoms with E-state index in [9.17, 15) is 0 Å². The zero-order valence-corrected chi connectivity index (χ0v) is 10.5. The molecule has 0 amide bonds. The lowest BCUT2D eigenvalue weighted by atomic mass is 10.1. The smallest absolute Gasteiger partial charge is 0.128 e. The number of benzene rings is 1. The van der Waals surface area contributed by atoms with Gasteiger partial charge in [-0.15, -0.1) is 0 Å². The summed E-state index contributed by atoms with van der Waals surface area (Å²) < 4.78 is 5.36. The van der Waals surface area contributed by atoms with E-state index >= 15 is 0 Å². The quantitative estimate of drug-likeness (QED) is 0.793. The number of pyridine rings is 1. The Kier molecular flexibility index (Phi) is 3.43. The van der Waals surface area contributed by atoms with E-state index in [2.05, 4.69) is 24.9 Å². The van der Waals surface area contributed by atoms with E-state index in [1.54, 1.807) is 7.11 Å². The second-order valence-electron chi connectivity index (χ2n) is 4.30. The normalized spacial score (nSPS) is 10.6. The van der Waals surface area contributed by atoms with Gasteiger partial charge in [0.2, 0.25) is 0 Å². The van der Waals surface area contributed by atoms with E-state index in [1.165, 1.54) is 0 Å². The van der Waals surface area contributed by atoms with Gasteiger partial charge in [0.05, 0.1) is 12.8 Å². The lowest BCUT2D eigenvalue weighted by Crippen LogP contribution is -1.95. The van der Waals surface area contributed by atoms with E-state index in [-0.39, 0.29) is 0 Å². The van der Waals surface area contributed by atoms with Crippen molar-refractivity contribution in [2.75, 3.05) is 7.11 Å². The van der Waals surface area contributed by atoms with Gasteiger partial charge >= 0.3 is 0 Å². The summed E-state index contributed by atoms with van der Waals surface area (Å²) in [6, 6.07) is 14.1. The Morgan fingerprint density at radius 1 is 1.00 bits per heavy atom. The van der Waals surface area contributed by atoms with Crippen LogP contribution in [0.5, 0.6) is 5.75 Å². The number of nitrogens with zero attached hydrogens (tertiary/aromatic N) is 1. The van der Waals surface area contributed by atoms with Crippen LogP contribution < -0.4 is 4.74 Å². The Morgan fingerprint density at radius 3 is 2.47 bits per heavy atom. The summed E-state index contributed by atoms with van der Waals surface area (Å²) in [5.41, 5.74) is 3.11. The van der Waals surface area contributed by atoms with Gasteiger partial charge in [-0.25, -0.2) is 0 Å². The van der Waals surface area contributed by atoms with Crippen molar-refractivity contribution in [2.24, 2.45) is 0 Å². The van der Waals surface area contributed by atoms with Gasteiger partial charge in [-0.05, 0) is 30.2 Å². The number of rotatable bonds is 3. The second-order valence-corrected chi connectivity index (χ2v) is 4.30. The lowest BCUT2D eigenvalue weighted by molar-refractivity contribution is 0.416. The zero-order valence-electron chi connectivity index (χ0n) is 10.5. The molecule has 0 bridgehead atoms. The number of hydrogen-bond donors (Lipinski definition) is 0. The first kappa shape index (κ1) is 11.6. The summed E-state index contributed by atoms with van der Waals surface area (Å²) in [5, 5.41) is 0. The fourth-order valence-corrected chi connectivity index (χ4v) is 1.78. The fourth-order valence-electron chi connectivity index (χ4n) is 1.78. The van der Waals surface area contributed by atoms with Crippen LogP contribution in [0.25, 0.3) is 11.3 Å². The maximum atomic E-state index is 5.36. The van der Waals surface area contributed by atoms with E-state index in [1.807, 2.05) is 36.4 Å². The van der Waals surface area contributed by atoms with Crippen LogP contribution in [0.1, 0.15) is 25.5 Å². The van der Waals surface area contributed by atoms with Gasteiger partial charge in [0.15, 0.2) is 0 Å². The third-order valence-electron chi connectivity index (χ3n) is 2.75. The number of hydrogen-bond acceptors (Lipinski definition) is 2. The van der Waals surface area contributed by atoms with Gasteiger partial charge in [-0.1, -0.05) is 32.0 Å². The molecule has 88 valence electrons. The van der Waals surface area contributed by atoms with Crippen LogP contribution in [0, 0.1) is 0 Å². The highest BCUT2D eigenvalue weighted by Gasteiger charge is 2.08. The van der Waals surface area contributed by atoms with Crippen LogP contribution in [0.2, 0.25) is 0 Å². The number of aromatic nitrogens is 1. The van der Waals surface area contributed by atoms with Crippen LogP contribution in [0.15, 0.2) is 42.5 Å². The molecule has 0 aliphatic rings. The molecule has 0 saturated carbocycles. The average Bonchev–Trinajstić information content (AvgIpc) is 2.39. The first-order chi connectivity index (χ1) is 8.22. The van der Waals surface area contributed by atoms with Gasteiger partial charge in [0, 0.05) is 11.3 Å². The molecular formula is C15H17NO. The van der Waals surface area contributed by atoms with Gasteiger partial charge in [0.1, 0.15) is 5.75 Å². The molecule has 0 atom stereocenters. The Balaban J connectivity index is 2.49. The number of ether oxygens (including phenoxy) is 1. The molecule has 0 aliphatic heterocycles. The molecule has 2 aromatic rings. The van der Waals surface area contributed by atoms with Crippen molar-refractivity contribution in [3.8, 4) is 17.0 Å². The number of para-hydroxylation sites is 1. The summed E-state index contributed by atoms with van der Waals surface area (Å²) in [6.45, 7) is 4.29. The first-order valence-electron chi connectivity index (χ1n) is 5.82. The maximum Gasteiger partial charge on any atom is 0.128 e. The standard InChI is InChI=1S/C15H17NO/c1-11(2)13-8-6-9-14(16-13)12-7-4-5-10-15(12)17-3/h4-11H,1-3H3. The van der Waals surface area contributed by atoms with Crippen molar-refractivity contribution < 1.29 is 4.74 Å². The molecule has 2 nitrogen and oxygen atoms in total. The van der Waals surface area contributed by atoms with E-state index in [0.717, 1.165) is 22.7 Å². The highest BCUT2D eigenvalue weighted by Crippen LogP contribution is 2.28. The fraction of sp³-hybridized carbons (Fsp3) is 0.267. The summed E-state index contributed by atoms with van der Waals surface area (Å²) in [7, 11) is 1.69. The predicted octanol–water partition coefficient (Wildman–Crippen LogP) is 3.88. The molecule has 2 rings (SSSR count). The maximum absolute atomic E-state index is 5.36. The molecule has 1 aromatic carbocycles. The van der Waals surface area contributed by atoms with Gasteiger partial charge < -0.3 is 4.74 Å². The summed E-state index contributed by atoms with van der Waals surface area (Å²) in [4.78, 5) is 4.67. The lowest BCUT2D eigenvalue weighted by Gasteiger charge is -2.10. The Bertz CT molecular complexity index is 506. The van der Waals surface area contributed by atoms with Gasteiger partial charge in [-0.2, -0.15) is 0 Å². The van der Waals surface area contributed by atoms with E-state index in [4.69, 9.17) is 4.74 Å². The molecule has 2 heteroatoms. The second kappa shape index (κ2) is 5.00. The van der Waals surface area contributed by atoms with Crippen LogP contribution in [0.4, 0.5) is 0 Å². The van der Waals surface area contributed by atoms with E-state index in [0.29, 0.717) is 5.92 Å². The van der Waals surface area contributed by atoms with Crippen LogP contribution >= 0.6 is 0 Å². The molecule has 0 unspecified atom stereocenters. The van der Waals surface area contributed by atoms with Gasteiger partial charge in [-0.3, -0.25) is 4.98 Å². The molecular weight excluding hydrogens is 210 g/mol. The van der Waals surface area contributed by atoms with Crippen molar-refractivity contribution in [3.05, 3.63) is 48.2 Å². The minimum Gasteiger partial charge on any atom is -0.496 e. The Morgan fingerprint density at radius 2 is 1.76 bits per heavy atom. The van der Waals surface area contributed by atoms with Crippen molar-refractivity contribution in [1.29, 1.82) is 0 Å². The van der Waals surface area contributed by atoms with Crippen LogP contribution in [0.3, 0.4) is 0 Å². The third-order valence-corrected chi connectivity index (χ3v) is 2.75. The summed E-state index contributed by atoms with van der Waals surface area (Å²) in [6.07, 6.45) is 0. The molecule has 0 N–H and O–H groups in total. The van der Waals surface area contributed by atoms with Crippen LogP contribution in [-0.2, 0) is 0 Å². The van der Waals surface area contributed by atoms with E-state index < -0.39 is 0 Å². The highest BCUT2D eigenvalue weighted by molar-refractivity contribution is 5.67. The van der Waals surface area contributed by atoms with Crippen molar-refractivity contribution in [2.45, 2.75) is 19.8 Å². The highest BCUT2D eigenvalue weighted by atomic mass is 16.5. The molecule has 0 radical (unpaired) electrons. The molecule has 0 spiro atoms. The molecule has 0 aliphatic carbocycles. The zero-order chi connectivity index (χ0) is 12.3. The van der Waals surface area contributed by atoms with Crippen molar-refractivity contribution >= 4 is 0 Å². The van der Waals surface area contributed by atoms with Crippen molar-refractivity contribution in [3.63, 3.8) is 0 Å². The topological polar surface area (TPSA) is 22.1 Å². The number of methoxy groups -OCH3 is 1.